The minimum Gasteiger partial charge on any atom is -0.347 e. The van der Waals surface area contributed by atoms with Gasteiger partial charge in [-0.3, -0.25) is 9.59 Å². The minimum absolute atomic E-state index is 0.0834. The van der Waals surface area contributed by atoms with E-state index >= 15 is 0 Å². The predicted molar refractivity (Wildman–Crippen MR) is 78.6 cm³/mol. The molecule has 7 heteroatoms. The normalized spacial score (nSPS) is 10.2. The first-order valence-corrected chi connectivity index (χ1v) is 7.17. The zero-order chi connectivity index (χ0) is 15.3. The zero-order valence-corrected chi connectivity index (χ0v) is 13.3. The summed E-state index contributed by atoms with van der Waals surface area (Å²) in [6.45, 7) is 3.87. The summed E-state index contributed by atoms with van der Waals surface area (Å²) in [6.07, 6.45) is 0. The van der Waals surface area contributed by atoms with Gasteiger partial charge in [0.2, 0.25) is 11.8 Å². The molecule has 1 heterocycles. The van der Waals surface area contributed by atoms with E-state index < -0.39 is 0 Å². The maximum Gasteiger partial charge on any atom is 0.241 e. The summed E-state index contributed by atoms with van der Waals surface area (Å²) in [6, 6.07) is 1.88. The van der Waals surface area contributed by atoms with Crippen molar-refractivity contribution < 1.29 is 9.59 Å². The molecule has 1 aromatic rings. The number of rotatable bonds is 5. The van der Waals surface area contributed by atoms with E-state index in [9.17, 15) is 9.59 Å². The van der Waals surface area contributed by atoms with E-state index in [4.69, 9.17) is 0 Å². The highest BCUT2D eigenvalue weighted by Crippen LogP contribution is 2.14. The second-order valence-electron chi connectivity index (χ2n) is 4.76. The Morgan fingerprint density at radius 3 is 2.15 bits per heavy atom. The molecule has 0 aromatic carbocycles. The summed E-state index contributed by atoms with van der Waals surface area (Å²) in [4.78, 5) is 34.8. The van der Waals surface area contributed by atoms with Gasteiger partial charge in [-0.1, -0.05) is 11.8 Å². The van der Waals surface area contributed by atoms with Crippen LogP contribution in [0.2, 0.25) is 0 Å². The first-order chi connectivity index (χ1) is 9.29. The lowest BCUT2D eigenvalue weighted by Crippen LogP contribution is -2.38. The van der Waals surface area contributed by atoms with Gasteiger partial charge >= 0.3 is 0 Å². The fourth-order valence-electron chi connectivity index (χ4n) is 1.43. The highest BCUT2D eigenvalue weighted by Gasteiger charge is 2.15. The molecule has 0 aliphatic rings. The van der Waals surface area contributed by atoms with Gasteiger partial charge in [0.25, 0.3) is 0 Å². The Morgan fingerprint density at radius 2 is 1.65 bits per heavy atom. The number of carbonyl (C=O) groups is 2. The SMILES string of the molecule is Cc1cc(C)nc(SCC(=O)N(C)CC(=O)N(C)C)n1. The second-order valence-corrected chi connectivity index (χ2v) is 5.70. The average Bonchev–Trinajstić information content (AvgIpc) is 2.34. The highest BCUT2D eigenvalue weighted by atomic mass is 32.2. The third-order valence-electron chi connectivity index (χ3n) is 2.58. The monoisotopic (exact) mass is 296 g/mol. The standard InChI is InChI=1S/C13H20N4O2S/c1-9-6-10(2)15-13(14-9)20-8-12(19)17(5)7-11(18)16(3)4/h6H,7-8H2,1-5H3. The molecule has 0 aliphatic heterocycles. The fourth-order valence-corrected chi connectivity index (χ4v) is 2.32. The van der Waals surface area contributed by atoms with Crippen molar-refractivity contribution in [2.75, 3.05) is 33.4 Å². The second kappa shape index (κ2) is 7.23. The van der Waals surface area contributed by atoms with Crippen LogP contribution in [0.25, 0.3) is 0 Å². The van der Waals surface area contributed by atoms with Crippen molar-refractivity contribution in [2.45, 2.75) is 19.0 Å². The number of hydrogen-bond acceptors (Lipinski definition) is 5. The van der Waals surface area contributed by atoms with Crippen LogP contribution >= 0.6 is 11.8 Å². The Balaban J connectivity index is 2.52. The molecule has 0 spiro atoms. The van der Waals surface area contributed by atoms with Crippen LogP contribution < -0.4 is 0 Å². The summed E-state index contributed by atoms with van der Waals surface area (Å²) in [5.74, 6) is 0.00145. The molecule has 6 nitrogen and oxygen atoms in total. The minimum atomic E-state index is -0.118. The van der Waals surface area contributed by atoms with Crippen LogP contribution in [-0.2, 0) is 9.59 Å². The maximum atomic E-state index is 11.9. The van der Waals surface area contributed by atoms with Gasteiger partial charge in [0.15, 0.2) is 5.16 Å². The summed E-state index contributed by atoms with van der Waals surface area (Å²) in [5, 5.41) is 0.586. The van der Waals surface area contributed by atoms with E-state index in [1.54, 1.807) is 21.1 Å². The van der Waals surface area contributed by atoms with Crippen LogP contribution in [-0.4, -0.2) is 65.0 Å². The molecule has 0 fully saturated rings. The van der Waals surface area contributed by atoms with Gasteiger partial charge in [0, 0.05) is 32.5 Å². The molecule has 2 amide bonds. The lowest BCUT2D eigenvalue weighted by molar-refractivity contribution is -0.136. The first kappa shape index (κ1) is 16.4. The van der Waals surface area contributed by atoms with Crippen LogP contribution in [0.15, 0.2) is 11.2 Å². The Hall–Kier alpha value is -1.63. The molecule has 0 radical (unpaired) electrons. The maximum absolute atomic E-state index is 11.9. The highest BCUT2D eigenvalue weighted by molar-refractivity contribution is 7.99. The van der Waals surface area contributed by atoms with Crippen molar-refractivity contribution in [1.29, 1.82) is 0 Å². The molecule has 0 unspecified atom stereocenters. The largest absolute Gasteiger partial charge is 0.347 e. The average molecular weight is 296 g/mol. The van der Waals surface area contributed by atoms with Crippen LogP contribution in [0.1, 0.15) is 11.4 Å². The number of amides is 2. The van der Waals surface area contributed by atoms with Gasteiger partial charge in [-0.15, -0.1) is 0 Å². The quantitative estimate of drug-likeness (QED) is 0.592. The van der Waals surface area contributed by atoms with Crippen LogP contribution in [0.5, 0.6) is 0 Å². The number of nitrogens with zero attached hydrogens (tertiary/aromatic N) is 4. The number of aryl methyl sites for hydroxylation is 2. The van der Waals surface area contributed by atoms with Crippen molar-refractivity contribution in [2.24, 2.45) is 0 Å². The topological polar surface area (TPSA) is 66.4 Å². The molecule has 0 atom stereocenters. The summed E-state index contributed by atoms with van der Waals surface area (Å²) < 4.78 is 0. The molecule has 1 rings (SSSR count). The first-order valence-electron chi connectivity index (χ1n) is 6.19. The summed E-state index contributed by atoms with van der Waals surface area (Å²) >= 11 is 1.28. The van der Waals surface area contributed by atoms with E-state index in [-0.39, 0.29) is 24.1 Å². The van der Waals surface area contributed by atoms with E-state index in [2.05, 4.69) is 9.97 Å². The molecule has 0 bridgehead atoms. The Morgan fingerprint density at radius 1 is 1.10 bits per heavy atom. The third-order valence-corrected chi connectivity index (χ3v) is 3.42. The van der Waals surface area contributed by atoms with Crippen LogP contribution in [0.3, 0.4) is 0 Å². The Bertz CT molecular complexity index is 485. The Kier molecular flexibility index (Phi) is 5.94. The van der Waals surface area contributed by atoms with Gasteiger partial charge in [0.1, 0.15) is 0 Å². The lowest BCUT2D eigenvalue weighted by Gasteiger charge is -2.18. The zero-order valence-electron chi connectivity index (χ0n) is 12.5. The van der Waals surface area contributed by atoms with Crippen molar-refractivity contribution in [3.05, 3.63) is 17.5 Å². The van der Waals surface area contributed by atoms with E-state index in [0.29, 0.717) is 5.16 Å². The van der Waals surface area contributed by atoms with Gasteiger partial charge in [-0.05, 0) is 19.9 Å². The van der Waals surface area contributed by atoms with Gasteiger partial charge in [-0.25, -0.2) is 9.97 Å². The fraction of sp³-hybridized carbons (Fsp3) is 0.538. The summed E-state index contributed by atoms with van der Waals surface area (Å²) in [5.41, 5.74) is 1.76. The molecule has 0 aliphatic carbocycles. The lowest BCUT2D eigenvalue weighted by atomic mass is 10.4. The molecule has 0 saturated heterocycles. The molecule has 0 saturated carbocycles. The molecule has 0 N–H and O–H groups in total. The van der Waals surface area contributed by atoms with E-state index in [1.165, 1.54) is 21.6 Å². The number of carbonyl (C=O) groups excluding carboxylic acids is 2. The predicted octanol–water partition coefficient (Wildman–Crippen LogP) is 0.732. The van der Waals surface area contributed by atoms with E-state index in [0.717, 1.165) is 11.4 Å². The summed E-state index contributed by atoms with van der Waals surface area (Å²) in [7, 11) is 4.95. The van der Waals surface area contributed by atoms with Crippen molar-refractivity contribution in [3.8, 4) is 0 Å². The Labute approximate surface area is 123 Å². The van der Waals surface area contributed by atoms with Crippen LogP contribution in [0, 0.1) is 13.8 Å². The smallest absolute Gasteiger partial charge is 0.241 e. The van der Waals surface area contributed by atoms with Crippen molar-refractivity contribution in [1.82, 2.24) is 19.8 Å². The van der Waals surface area contributed by atoms with Crippen LogP contribution in [0.4, 0.5) is 0 Å². The number of likely N-dealkylation sites (N-methyl/N-ethyl adjacent to an activating group) is 2. The molecule has 1 aromatic heterocycles. The molecular formula is C13H20N4O2S. The van der Waals surface area contributed by atoms with E-state index in [1.807, 2.05) is 19.9 Å². The van der Waals surface area contributed by atoms with Gasteiger partial charge in [-0.2, -0.15) is 0 Å². The third kappa shape index (κ3) is 5.16. The number of hydrogen-bond donors (Lipinski definition) is 0. The van der Waals surface area contributed by atoms with Gasteiger partial charge in [0.05, 0.1) is 12.3 Å². The molecule has 20 heavy (non-hydrogen) atoms. The van der Waals surface area contributed by atoms with Crippen molar-refractivity contribution in [3.63, 3.8) is 0 Å². The number of aromatic nitrogens is 2. The molecular weight excluding hydrogens is 276 g/mol. The number of thioether (sulfide) groups is 1. The van der Waals surface area contributed by atoms with Crippen molar-refractivity contribution >= 4 is 23.6 Å². The molecule has 110 valence electrons. The van der Waals surface area contributed by atoms with Gasteiger partial charge < -0.3 is 9.80 Å².